The van der Waals surface area contributed by atoms with E-state index >= 15 is 0 Å². The third kappa shape index (κ3) is 3.28. The fraction of sp³-hybridized carbons (Fsp3) is 0.364. The summed E-state index contributed by atoms with van der Waals surface area (Å²) in [6.07, 6.45) is 2.95. The lowest BCUT2D eigenvalue weighted by molar-refractivity contribution is 0.440. The summed E-state index contributed by atoms with van der Waals surface area (Å²) in [4.78, 5) is 0. The van der Waals surface area contributed by atoms with Gasteiger partial charge in [0.1, 0.15) is 0 Å². The second-order valence-electron chi connectivity index (χ2n) is 3.19. The second kappa shape index (κ2) is 4.65. The minimum Gasteiger partial charge on any atom is -0.303 e. The van der Waals surface area contributed by atoms with Crippen LogP contribution in [0.2, 0.25) is 0 Å². The molecule has 0 N–H and O–H groups in total. The van der Waals surface area contributed by atoms with Crippen molar-refractivity contribution in [3.63, 3.8) is 0 Å². The molecule has 0 spiro atoms. The molecule has 0 saturated carbocycles. The van der Waals surface area contributed by atoms with Crippen LogP contribution in [0.1, 0.15) is 18.1 Å². The van der Waals surface area contributed by atoms with Crippen LogP contribution in [0.25, 0.3) is 0 Å². The lowest BCUT2D eigenvalue weighted by Gasteiger charge is -2.02. The average molecular weight is 176 g/mol. The van der Waals surface area contributed by atoms with E-state index in [0.29, 0.717) is 0 Å². The number of hydrazone groups is 1. The molecule has 0 bridgehead atoms. The molecular formula is C11H16N2. The van der Waals surface area contributed by atoms with E-state index in [1.54, 1.807) is 5.01 Å². The molecule has 0 unspecified atom stereocenters. The topological polar surface area (TPSA) is 15.6 Å². The molecule has 0 amide bonds. The average Bonchev–Trinajstić information content (AvgIpc) is 2.15. The predicted molar refractivity (Wildman–Crippen MR) is 57.1 cm³/mol. The largest absolute Gasteiger partial charge is 0.303 e. The quantitative estimate of drug-likeness (QED) is 0.509. The van der Waals surface area contributed by atoms with E-state index in [4.69, 9.17) is 0 Å². The number of nitrogens with zero attached hydrogens (tertiary/aromatic N) is 2. The van der Waals surface area contributed by atoms with Crippen molar-refractivity contribution in [2.45, 2.75) is 13.3 Å². The molecule has 0 fully saturated rings. The molecule has 1 aromatic rings. The highest BCUT2D eigenvalue weighted by molar-refractivity contribution is 5.79. The molecule has 0 atom stereocenters. The van der Waals surface area contributed by atoms with E-state index < -0.39 is 0 Å². The third-order valence-corrected chi connectivity index (χ3v) is 1.83. The van der Waals surface area contributed by atoms with E-state index in [9.17, 15) is 0 Å². The normalized spacial score (nSPS) is 10.7. The van der Waals surface area contributed by atoms with E-state index in [-0.39, 0.29) is 0 Å². The molecule has 0 aliphatic heterocycles. The maximum absolute atomic E-state index is 4.16. The van der Waals surface area contributed by atoms with E-state index in [2.05, 4.69) is 36.3 Å². The van der Waals surface area contributed by atoms with E-state index in [1.165, 1.54) is 5.56 Å². The lowest BCUT2D eigenvalue weighted by atomic mass is 10.1. The summed E-state index contributed by atoms with van der Waals surface area (Å²) in [5.74, 6) is 0. The Balaban J connectivity index is 2.69. The zero-order chi connectivity index (χ0) is 9.68. The van der Waals surface area contributed by atoms with Crippen LogP contribution < -0.4 is 0 Å². The highest BCUT2D eigenvalue weighted by Gasteiger charge is 1.89. The van der Waals surface area contributed by atoms with E-state index in [1.807, 2.05) is 20.3 Å². The van der Waals surface area contributed by atoms with Crippen molar-refractivity contribution in [1.82, 2.24) is 5.01 Å². The van der Waals surface area contributed by atoms with Crippen LogP contribution >= 0.6 is 0 Å². The Kier molecular flexibility index (Phi) is 3.50. The Morgan fingerprint density at radius 1 is 1.23 bits per heavy atom. The molecule has 13 heavy (non-hydrogen) atoms. The Morgan fingerprint density at radius 3 is 2.31 bits per heavy atom. The summed E-state index contributed by atoms with van der Waals surface area (Å²) in [5, 5.41) is 5.94. The van der Waals surface area contributed by atoms with Gasteiger partial charge in [0, 0.05) is 14.1 Å². The summed E-state index contributed by atoms with van der Waals surface area (Å²) >= 11 is 0. The number of benzene rings is 1. The van der Waals surface area contributed by atoms with Crippen LogP contribution in [0.3, 0.4) is 0 Å². The Bertz CT molecular complexity index is 273. The minimum atomic E-state index is 1.09. The number of rotatable bonds is 3. The standard InChI is InChI=1S/C11H16N2/c1-4-10-5-7-11(8-6-10)9-12-13(2)3/h5-9H,4H2,1-3H3/b12-9+. The molecule has 0 heterocycles. The Morgan fingerprint density at radius 2 is 1.85 bits per heavy atom. The van der Waals surface area contributed by atoms with Crippen LogP contribution in [-0.2, 0) is 6.42 Å². The van der Waals surface area contributed by atoms with Crippen molar-refractivity contribution in [3.8, 4) is 0 Å². The van der Waals surface area contributed by atoms with Crippen LogP contribution in [0, 0.1) is 0 Å². The highest BCUT2D eigenvalue weighted by atomic mass is 15.4. The summed E-state index contributed by atoms with van der Waals surface area (Å²) in [6, 6.07) is 8.45. The smallest absolute Gasteiger partial charge is 0.0542 e. The third-order valence-electron chi connectivity index (χ3n) is 1.83. The van der Waals surface area contributed by atoms with Crippen LogP contribution in [0.4, 0.5) is 0 Å². The highest BCUT2D eigenvalue weighted by Crippen LogP contribution is 2.02. The summed E-state index contributed by atoms with van der Waals surface area (Å²) in [5.41, 5.74) is 2.51. The minimum absolute atomic E-state index is 1.09. The van der Waals surface area contributed by atoms with Crippen LogP contribution in [0.5, 0.6) is 0 Å². The van der Waals surface area contributed by atoms with Crippen molar-refractivity contribution < 1.29 is 0 Å². The van der Waals surface area contributed by atoms with Gasteiger partial charge in [-0.25, -0.2) is 0 Å². The van der Waals surface area contributed by atoms with Crippen LogP contribution in [-0.4, -0.2) is 25.3 Å². The zero-order valence-electron chi connectivity index (χ0n) is 8.49. The van der Waals surface area contributed by atoms with Gasteiger partial charge < -0.3 is 5.01 Å². The molecular weight excluding hydrogens is 160 g/mol. The van der Waals surface area contributed by atoms with Gasteiger partial charge in [-0.1, -0.05) is 31.2 Å². The summed E-state index contributed by atoms with van der Waals surface area (Å²) in [6.45, 7) is 2.16. The molecule has 70 valence electrons. The lowest BCUT2D eigenvalue weighted by Crippen LogP contribution is -2.01. The van der Waals surface area contributed by atoms with Gasteiger partial charge in [-0.05, 0) is 17.5 Å². The fourth-order valence-corrected chi connectivity index (χ4v) is 1.02. The van der Waals surface area contributed by atoms with Crippen molar-refractivity contribution >= 4 is 6.21 Å². The number of hydrogen-bond acceptors (Lipinski definition) is 2. The van der Waals surface area contributed by atoms with E-state index in [0.717, 1.165) is 12.0 Å². The molecule has 1 aromatic carbocycles. The van der Waals surface area contributed by atoms with Gasteiger partial charge in [0.05, 0.1) is 6.21 Å². The fourth-order valence-electron chi connectivity index (χ4n) is 1.02. The second-order valence-corrected chi connectivity index (χ2v) is 3.19. The monoisotopic (exact) mass is 176 g/mol. The van der Waals surface area contributed by atoms with Gasteiger partial charge in [-0.2, -0.15) is 5.10 Å². The SMILES string of the molecule is CCc1ccc(/C=N/N(C)C)cc1. The first-order valence-corrected chi connectivity index (χ1v) is 4.52. The Labute approximate surface area is 79.9 Å². The maximum atomic E-state index is 4.16. The number of aryl methyl sites for hydroxylation is 1. The molecule has 1 rings (SSSR count). The van der Waals surface area contributed by atoms with Crippen molar-refractivity contribution in [1.29, 1.82) is 0 Å². The molecule has 0 aliphatic rings. The van der Waals surface area contributed by atoms with Crippen molar-refractivity contribution in [3.05, 3.63) is 35.4 Å². The Hall–Kier alpha value is -1.31. The molecule has 0 saturated heterocycles. The summed E-state index contributed by atoms with van der Waals surface area (Å²) in [7, 11) is 3.83. The van der Waals surface area contributed by atoms with Gasteiger partial charge in [0.2, 0.25) is 0 Å². The van der Waals surface area contributed by atoms with Crippen LogP contribution in [0.15, 0.2) is 29.4 Å². The molecule has 0 aliphatic carbocycles. The number of hydrogen-bond donors (Lipinski definition) is 0. The first-order chi connectivity index (χ1) is 6.22. The predicted octanol–water partition coefficient (Wildman–Crippen LogP) is 2.14. The van der Waals surface area contributed by atoms with Gasteiger partial charge in [0.25, 0.3) is 0 Å². The van der Waals surface area contributed by atoms with Gasteiger partial charge in [-0.15, -0.1) is 0 Å². The first-order valence-electron chi connectivity index (χ1n) is 4.52. The maximum Gasteiger partial charge on any atom is 0.0542 e. The van der Waals surface area contributed by atoms with Gasteiger partial charge in [-0.3, -0.25) is 0 Å². The summed E-state index contributed by atoms with van der Waals surface area (Å²) < 4.78 is 0. The molecule has 0 aromatic heterocycles. The van der Waals surface area contributed by atoms with Gasteiger partial charge in [0.15, 0.2) is 0 Å². The van der Waals surface area contributed by atoms with Crippen molar-refractivity contribution in [2.75, 3.05) is 14.1 Å². The first kappa shape index (κ1) is 9.78. The van der Waals surface area contributed by atoms with Gasteiger partial charge >= 0.3 is 0 Å². The molecule has 0 radical (unpaired) electrons. The molecule has 2 heteroatoms. The zero-order valence-corrected chi connectivity index (χ0v) is 8.49. The molecule has 2 nitrogen and oxygen atoms in total. The van der Waals surface area contributed by atoms with Crippen molar-refractivity contribution in [2.24, 2.45) is 5.10 Å².